The molecule has 0 spiro atoms. The van der Waals surface area contributed by atoms with Gasteiger partial charge in [-0.2, -0.15) is 0 Å². The molecule has 3 amide bonds. The minimum Gasteiger partial charge on any atom is -0.497 e. The van der Waals surface area contributed by atoms with Crippen LogP contribution in [0, 0.1) is 6.92 Å². The molecule has 0 unspecified atom stereocenters. The summed E-state index contributed by atoms with van der Waals surface area (Å²) in [6.07, 6.45) is 1.58. The molecule has 0 aliphatic rings. The molecule has 0 fully saturated rings. The molecule has 0 aliphatic carbocycles. The van der Waals surface area contributed by atoms with Crippen LogP contribution in [0.15, 0.2) is 100 Å². The van der Waals surface area contributed by atoms with Gasteiger partial charge in [-0.3, -0.25) is 14.4 Å². The second kappa shape index (κ2) is 13.1. The van der Waals surface area contributed by atoms with E-state index in [1.807, 2.05) is 6.07 Å². The van der Waals surface area contributed by atoms with E-state index in [0.717, 1.165) is 4.90 Å². The Kier molecular flexibility index (Phi) is 9.15. The zero-order valence-corrected chi connectivity index (χ0v) is 22.1. The third-order valence-electron chi connectivity index (χ3n) is 5.31. The number of aryl methyl sites for hydroxylation is 1. The Labute approximate surface area is 229 Å². The Hall–Kier alpha value is -4.83. The van der Waals surface area contributed by atoms with Gasteiger partial charge in [-0.15, -0.1) is 11.8 Å². The summed E-state index contributed by atoms with van der Waals surface area (Å²) >= 11 is 1.34. The van der Waals surface area contributed by atoms with E-state index in [4.69, 9.17) is 9.26 Å². The lowest BCUT2D eigenvalue weighted by atomic mass is 10.1. The summed E-state index contributed by atoms with van der Waals surface area (Å²) in [6, 6.07) is 24.5. The molecule has 198 valence electrons. The molecule has 4 rings (SSSR count). The van der Waals surface area contributed by atoms with Gasteiger partial charge >= 0.3 is 0 Å². The van der Waals surface area contributed by atoms with Gasteiger partial charge in [0.2, 0.25) is 5.91 Å². The number of benzene rings is 3. The van der Waals surface area contributed by atoms with Crippen LogP contribution < -0.4 is 20.7 Å². The van der Waals surface area contributed by atoms with Crippen molar-refractivity contribution in [1.29, 1.82) is 0 Å². The molecule has 4 aromatic rings. The van der Waals surface area contributed by atoms with Gasteiger partial charge in [0.25, 0.3) is 11.8 Å². The normalized spacial score (nSPS) is 11.0. The highest BCUT2D eigenvalue weighted by atomic mass is 32.2. The molecule has 1 heterocycles. The minimum atomic E-state index is -0.496. The summed E-state index contributed by atoms with van der Waals surface area (Å²) in [6.45, 7) is 1.74. The number of carbonyl (C=O) groups excluding carboxylic acids is 3. The first-order valence-corrected chi connectivity index (χ1v) is 12.9. The van der Waals surface area contributed by atoms with E-state index >= 15 is 0 Å². The number of nitrogens with zero attached hydrogens (tertiary/aromatic N) is 1. The van der Waals surface area contributed by atoms with E-state index in [-0.39, 0.29) is 17.4 Å². The molecule has 0 saturated heterocycles. The summed E-state index contributed by atoms with van der Waals surface area (Å²) in [4.78, 5) is 39.0. The third-order valence-corrected chi connectivity index (χ3v) is 6.32. The number of amides is 3. The lowest BCUT2D eigenvalue weighted by Gasteiger charge is -2.12. The molecule has 9 nitrogen and oxygen atoms in total. The van der Waals surface area contributed by atoms with Crippen LogP contribution in [0.1, 0.15) is 21.7 Å². The smallest absolute Gasteiger partial charge is 0.272 e. The maximum absolute atomic E-state index is 13.2. The molecular formula is C29H26N4O5S. The largest absolute Gasteiger partial charge is 0.497 e. The van der Waals surface area contributed by atoms with Crippen molar-refractivity contribution in [1.82, 2.24) is 10.5 Å². The van der Waals surface area contributed by atoms with E-state index in [2.05, 4.69) is 21.1 Å². The van der Waals surface area contributed by atoms with Gasteiger partial charge in [-0.25, -0.2) is 0 Å². The quantitative estimate of drug-likeness (QED) is 0.188. The molecule has 3 aromatic carbocycles. The Balaban J connectivity index is 1.42. The summed E-state index contributed by atoms with van der Waals surface area (Å²) in [5, 5.41) is 11.9. The molecular weight excluding hydrogens is 516 g/mol. The van der Waals surface area contributed by atoms with Crippen molar-refractivity contribution in [3.05, 3.63) is 108 Å². The average Bonchev–Trinajstić information content (AvgIpc) is 3.36. The Morgan fingerprint density at radius 2 is 1.72 bits per heavy atom. The van der Waals surface area contributed by atoms with E-state index in [1.54, 1.807) is 99.0 Å². The van der Waals surface area contributed by atoms with Gasteiger partial charge in [0.1, 0.15) is 17.2 Å². The predicted octanol–water partition coefficient (Wildman–Crippen LogP) is 5.13. The van der Waals surface area contributed by atoms with Crippen LogP contribution in [0.25, 0.3) is 6.08 Å². The second-order valence-corrected chi connectivity index (χ2v) is 9.34. The first-order chi connectivity index (χ1) is 18.9. The van der Waals surface area contributed by atoms with Crippen LogP contribution in [0.4, 0.5) is 11.5 Å². The van der Waals surface area contributed by atoms with Crippen LogP contribution in [0.5, 0.6) is 5.75 Å². The van der Waals surface area contributed by atoms with E-state index < -0.39 is 11.8 Å². The minimum absolute atomic E-state index is 0.0651. The van der Waals surface area contributed by atoms with Crippen molar-refractivity contribution in [3.63, 3.8) is 0 Å². The SMILES string of the molecule is COc1cccc(/C=C(\NC(=O)c2ccccc2)C(=O)Nc2ccc(SCC(=O)Nc3cc(C)on3)cc2)c1. The zero-order valence-electron chi connectivity index (χ0n) is 21.3. The summed E-state index contributed by atoms with van der Waals surface area (Å²) in [7, 11) is 1.56. The Morgan fingerprint density at radius 3 is 2.41 bits per heavy atom. The molecule has 39 heavy (non-hydrogen) atoms. The highest BCUT2D eigenvalue weighted by Crippen LogP contribution is 2.22. The fourth-order valence-corrected chi connectivity index (χ4v) is 4.12. The molecule has 0 aliphatic heterocycles. The number of aromatic nitrogens is 1. The van der Waals surface area contributed by atoms with Crippen molar-refractivity contribution in [2.24, 2.45) is 0 Å². The summed E-state index contributed by atoms with van der Waals surface area (Å²) in [5.74, 6) is 0.653. The zero-order chi connectivity index (χ0) is 27.6. The lowest BCUT2D eigenvalue weighted by molar-refractivity contribution is -0.114. The lowest BCUT2D eigenvalue weighted by Crippen LogP contribution is -2.30. The van der Waals surface area contributed by atoms with Gasteiger partial charge in [-0.1, -0.05) is 35.5 Å². The number of rotatable bonds is 10. The molecule has 0 atom stereocenters. The number of thioether (sulfide) groups is 1. The van der Waals surface area contributed by atoms with E-state index in [1.165, 1.54) is 11.8 Å². The molecule has 1 aromatic heterocycles. The van der Waals surface area contributed by atoms with Crippen molar-refractivity contribution < 1.29 is 23.6 Å². The highest BCUT2D eigenvalue weighted by Gasteiger charge is 2.15. The van der Waals surface area contributed by atoms with E-state index in [0.29, 0.717) is 34.1 Å². The van der Waals surface area contributed by atoms with E-state index in [9.17, 15) is 14.4 Å². The van der Waals surface area contributed by atoms with Gasteiger partial charge in [0, 0.05) is 22.2 Å². The van der Waals surface area contributed by atoms with Crippen LogP contribution in [-0.2, 0) is 9.59 Å². The maximum Gasteiger partial charge on any atom is 0.272 e. The monoisotopic (exact) mass is 542 g/mol. The second-order valence-electron chi connectivity index (χ2n) is 8.29. The Morgan fingerprint density at radius 1 is 0.949 bits per heavy atom. The topological polar surface area (TPSA) is 123 Å². The Bertz CT molecular complexity index is 1480. The molecule has 3 N–H and O–H groups in total. The number of hydrogen-bond acceptors (Lipinski definition) is 7. The number of nitrogens with one attached hydrogen (secondary N) is 3. The van der Waals surface area contributed by atoms with Crippen LogP contribution in [0.2, 0.25) is 0 Å². The summed E-state index contributed by atoms with van der Waals surface area (Å²) < 4.78 is 10.2. The fourth-order valence-electron chi connectivity index (χ4n) is 3.43. The van der Waals surface area contributed by atoms with Crippen molar-refractivity contribution in [2.45, 2.75) is 11.8 Å². The van der Waals surface area contributed by atoms with Crippen molar-refractivity contribution >= 4 is 47.1 Å². The molecule has 0 bridgehead atoms. The average molecular weight is 543 g/mol. The number of hydrogen-bond donors (Lipinski definition) is 3. The molecule has 0 saturated carbocycles. The fraction of sp³-hybridized carbons (Fsp3) is 0.103. The van der Waals surface area contributed by atoms with Gasteiger partial charge < -0.3 is 25.2 Å². The van der Waals surface area contributed by atoms with Crippen LogP contribution in [-0.4, -0.2) is 35.7 Å². The first kappa shape index (κ1) is 27.2. The van der Waals surface area contributed by atoms with Crippen molar-refractivity contribution in [3.8, 4) is 5.75 Å². The number of methoxy groups -OCH3 is 1. The van der Waals surface area contributed by atoms with Crippen LogP contribution >= 0.6 is 11.8 Å². The number of ether oxygens (including phenoxy) is 1. The first-order valence-electron chi connectivity index (χ1n) is 11.9. The van der Waals surface area contributed by atoms with Gasteiger partial charge in [0.15, 0.2) is 5.82 Å². The van der Waals surface area contributed by atoms with Crippen LogP contribution in [0.3, 0.4) is 0 Å². The number of carbonyl (C=O) groups is 3. The number of anilines is 2. The third kappa shape index (κ3) is 8.08. The van der Waals surface area contributed by atoms with Gasteiger partial charge in [-0.05, 0) is 67.1 Å². The standard InChI is InChI=1S/C29H26N4O5S/c1-19-15-26(33-38-19)32-27(34)18-39-24-13-11-22(12-14-24)30-29(36)25(17-20-7-6-10-23(16-20)37-2)31-28(35)21-8-4-3-5-9-21/h3-17H,18H2,1-2H3,(H,30,36)(H,31,35)(H,32,33,34)/b25-17-. The summed E-state index contributed by atoms with van der Waals surface area (Å²) in [5.41, 5.74) is 1.69. The molecule has 0 radical (unpaired) electrons. The van der Waals surface area contributed by atoms with Crippen molar-refractivity contribution in [2.75, 3.05) is 23.5 Å². The maximum atomic E-state index is 13.2. The molecule has 10 heteroatoms. The van der Waals surface area contributed by atoms with Gasteiger partial charge in [0.05, 0.1) is 12.9 Å². The predicted molar refractivity (Wildman–Crippen MR) is 151 cm³/mol. The highest BCUT2D eigenvalue weighted by molar-refractivity contribution is 8.00.